The fourth-order valence-electron chi connectivity index (χ4n) is 0.144. The predicted octanol–water partition coefficient (Wildman–Crippen LogP) is -1.20. The number of nitrogens with zero attached hydrogens (tertiary/aromatic N) is 1. The first kappa shape index (κ1) is 3.48. The molecule has 0 spiro atoms. The first-order chi connectivity index (χ1) is 2.89. The minimum absolute atomic E-state index is 0.0397. The molecule has 1 aliphatic heterocycles. The first-order valence-electron chi connectivity index (χ1n) is 1.31. The van der Waals surface area contributed by atoms with Gasteiger partial charge in [-0.1, -0.05) is 5.16 Å². The van der Waals surface area contributed by atoms with Crippen LogP contribution in [-0.4, -0.2) is 16.0 Å². The van der Waals surface area contributed by atoms with Crippen LogP contribution in [0.2, 0.25) is 0 Å². The highest BCUT2D eigenvalue weighted by molar-refractivity contribution is 6.24. The topological polar surface area (TPSA) is 56.8 Å². The molecule has 2 N–H and O–H groups in total. The van der Waals surface area contributed by atoms with E-state index in [0.29, 0.717) is 0 Å². The SMILES string of the molecule is NC1=NO[Si-]O1. The van der Waals surface area contributed by atoms with Gasteiger partial charge in [-0.2, -0.15) is 0 Å². The summed E-state index contributed by atoms with van der Waals surface area (Å²) in [5, 5.41) is 3.22. The molecule has 5 heteroatoms. The molecule has 33 valence electrons. The van der Waals surface area contributed by atoms with Crippen LogP contribution in [0.15, 0.2) is 5.16 Å². The van der Waals surface area contributed by atoms with Crippen molar-refractivity contribution < 1.29 is 8.95 Å². The molecule has 0 aliphatic carbocycles. The van der Waals surface area contributed by atoms with E-state index >= 15 is 0 Å². The fourth-order valence-corrected chi connectivity index (χ4v) is 0.431. The fraction of sp³-hybridized carbons (Fsp3) is 0. The maximum absolute atomic E-state index is 4.94. The Balaban J connectivity index is 2.45. The Labute approximate surface area is 37.0 Å². The predicted molar refractivity (Wildman–Crippen MR) is 19.5 cm³/mol. The van der Waals surface area contributed by atoms with Crippen molar-refractivity contribution in [3.05, 3.63) is 0 Å². The van der Waals surface area contributed by atoms with E-state index in [1.807, 2.05) is 0 Å². The third-order valence-electron chi connectivity index (χ3n) is 0.319. The van der Waals surface area contributed by atoms with Gasteiger partial charge in [0.05, 0.1) is 0 Å². The van der Waals surface area contributed by atoms with Gasteiger partial charge in [0.25, 0.3) is 6.02 Å². The molecule has 1 rings (SSSR count). The average Bonchev–Trinajstić information content (AvgIpc) is 1.86. The lowest BCUT2D eigenvalue weighted by molar-refractivity contribution is 0.355. The zero-order valence-corrected chi connectivity index (χ0v) is 3.84. The standard InChI is InChI=1S/CH2N2O2Si/c2-1-3-5-6-4-1/h(H2,2,3)/q-1. The summed E-state index contributed by atoms with van der Waals surface area (Å²) in [4.78, 5) is 0. The molecule has 0 aromatic carbocycles. The summed E-state index contributed by atoms with van der Waals surface area (Å²) in [5.41, 5.74) is 4.94. The van der Waals surface area contributed by atoms with E-state index in [1.165, 1.54) is 0 Å². The van der Waals surface area contributed by atoms with E-state index in [-0.39, 0.29) is 16.0 Å². The van der Waals surface area contributed by atoms with Crippen molar-refractivity contribution in [1.82, 2.24) is 0 Å². The monoisotopic (exact) mass is 102 g/mol. The highest BCUT2D eigenvalue weighted by Gasteiger charge is 1.86. The van der Waals surface area contributed by atoms with Crippen molar-refractivity contribution in [2.24, 2.45) is 10.9 Å². The average molecular weight is 102 g/mol. The Morgan fingerprint density at radius 2 is 2.67 bits per heavy atom. The van der Waals surface area contributed by atoms with Crippen LogP contribution in [0, 0.1) is 0 Å². The molecule has 0 fully saturated rings. The van der Waals surface area contributed by atoms with Gasteiger partial charge in [0.15, 0.2) is 0 Å². The van der Waals surface area contributed by atoms with E-state index in [9.17, 15) is 0 Å². The molecule has 0 aromatic rings. The van der Waals surface area contributed by atoms with E-state index < -0.39 is 0 Å². The van der Waals surface area contributed by atoms with Crippen LogP contribution in [0.1, 0.15) is 0 Å². The molecular formula is CH2N2O2Si-. The second-order valence-corrected chi connectivity index (χ2v) is 1.26. The second kappa shape index (κ2) is 1.17. The molecule has 0 saturated heterocycles. The number of amidine groups is 1. The molecule has 1 aliphatic rings. The largest absolute Gasteiger partial charge is 0.665 e. The van der Waals surface area contributed by atoms with Gasteiger partial charge >= 0.3 is 0 Å². The smallest absolute Gasteiger partial charge is 0.271 e. The molecule has 0 atom stereocenters. The van der Waals surface area contributed by atoms with Gasteiger partial charge in [0.1, 0.15) is 10.0 Å². The van der Waals surface area contributed by atoms with Gasteiger partial charge < -0.3 is 14.7 Å². The minimum atomic E-state index is -0.0397. The summed E-state index contributed by atoms with van der Waals surface area (Å²) in [6.45, 7) is 0. The molecular weight excluding hydrogens is 100 g/mol. The lowest BCUT2D eigenvalue weighted by Gasteiger charge is -2.00. The molecule has 0 unspecified atom stereocenters. The second-order valence-electron chi connectivity index (χ2n) is 0.706. The van der Waals surface area contributed by atoms with Gasteiger partial charge in [-0.25, -0.2) is 0 Å². The van der Waals surface area contributed by atoms with Gasteiger partial charge in [-0.3, -0.25) is 0 Å². The number of nitrogens with two attached hydrogens (primary N) is 1. The Morgan fingerprint density at radius 1 is 1.83 bits per heavy atom. The molecule has 1 radical (unpaired) electrons. The Bertz CT molecular complexity index is 81.6. The Hall–Kier alpha value is -0.713. The van der Waals surface area contributed by atoms with Crippen LogP contribution < -0.4 is 5.73 Å². The van der Waals surface area contributed by atoms with Crippen molar-refractivity contribution in [2.45, 2.75) is 0 Å². The van der Waals surface area contributed by atoms with E-state index in [1.54, 1.807) is 0 Å². The normalized spacial score (nSPS) is 18.3. The van der Waals surface area contributed by atoms with Crippen molar-refractivity contribution >= 4 is 16.0 Å². The summed E-state index contributed by atoms with van der Waals surface area (Å²) in [6, 6.07) is 0.119. The van der Waals surface area contributed by atoms with Crippen molar-refractivity contribution in [3.63, 3.8) is 0 Å². The van der Waals surface area contributed by atoms with Crippen molar-refractivity contribution in [2.75, 3.05) is 0 Å². The highest BCUT2D eigenvalue weighted by Crippen LogP contribution is 1.84. The molecule has 0 aromatic heterocycles. The van der Waals surface area contributed by atoms with Crippen LogP contribution in [0.5, 0.6) is 0 Å². The van der Waals surface area contributed by atoms with Crippen LogP contribution >= 0.6 is 0 Å². The molecule has 0 amide bonds. The number of hydrogen-bond donors (Lipinski definition) is 1. The third kappa shape index (κ3) is 0.435. The highest BCUT2D eigenvalue weighted by atomic mass is 28.3. The van der Waals surface area contributed by atoms with Crippen LogP contribution in [0.4, 0.5) is 0 Å². The summed E-state index contributed by atoms with van der Waals surface area (Å²) < 4.78 is 8.81. The first-order valence-corrected chi connectivity index (χ1v) is 2.12. The summed E-state index contributed by atoms with van der Waals surface area (Å²) in [5.74, 6) is 0. The number of oxime groups is 1. The maximum atomic E-state index is 4.94. The van der Waals surface area contributed by atoms with Crippen LogP contribution in [-0.2, 0) is 8.95 Å². The quantitative estimate of drug-likeness (QED) is 0.391. The van der Waals surface area contributed by atoms with E-state index in [0.717, 1.165) is 0 Å². The molecule has 1 heterocycles. The minimum Gasteiger partial charge on any atom is -0.665 e. The van der Waals surface area contributed by atoms with Gasteiger partial charge in [0.2, 0.25) is 0 Å². The van der Waals surface area contributed by atoms with Gasteiger partial charge in [0, 0.05) is 0 Å². The zero-order chi connectivity index (χ0) is 4.41. The molecule has 6 heavy (non-hydrogen) atoms. The maximum Gasteiger partial charge on any atom is 0.271 e. The van der Waals surface area contributed by atoms with Crippen molar-refractivity contribution in [3.8, 4) is 0 Å². The number of rotatable bonds is 0. The third-order valence-corrected chi connectivity index (χ3v) is 0.777. The van der Waals surface area contributed by atoms with Gasteiger partial charge in [-0.15, -0.1) is 0 Å². The van der Waals surface area contributed by atoms with Crippen LogP contribution in [0.3, 0.4) is 0 Å². The van der Waals surface area contributed by atoms with Crippen molar-refractivity contribution in [1.29, 1.82) is 0 Å². The Kier molecular flexibility index (Phi) is 0.679. The molecule has 0 saturated carbocycles. The lowest BCUT2D eigenvalue weighted by atomic mass is 11.2. The summed E-state index contributed by atoms with van der Waals surface area (Å²) in [6.07, 6.45) is 0. The van der Waals surface area contributed by atoms with Gasteiger partial charge in [-0.05, 0) is 0 Å². The van der Waals surface area contributed by atoms with Crippen LogP contribution in [0.25, 0.3) is 0 Å². The molecule has 0 bridgehead atoms. The zero-order valence-electron chi connectivity index (χ0n) is 2.84. The van der Waals surface area contributed by atoms with E-state index in [4.69, 9.17) is 5.73 Å². The van der Waals surface area contributed by atoms with E-state index in [2.05, 4.69) is 14.1 Å². The summed E-state index contributed by atoms with van der Waals surface area (Å²) in [7, 11) is -0.0397. The molecule has 4 nitrogen and oxygen atoms in total. The Morgan fingerprint density at radius 3 is 2.83 bits per heavy atom. The lowest BCUT2D eigenvalue weighted by Crippen LogP contribution is -2.11. The number of hydrogen-bond acceptors (Lipinski definition) is 4. The summed E-state index contributed by atoms with van der Waals surface area (Å²) >= 11 is 0.